The van der Waals surface area contributed by atoms with Gasteiger partial charge in [-0.15, -0.1) is 0 Å². The highest BCUT2D eigenvalue weighted by Gasteiger charge is 2.27. The summed E-state index contributed by atoms with van der Waals surface area (Å²) in [6, 6.07) is 10.7. The van der Waals surface area contributed by atoms with Crippen LogP contribution in [0.3, 0.4) is 0 Å². The second-order valence-electron chi connectivity index (χ2n) is 5.04. The van der Waals surface area contributed by atoms with Gasteiger partial charge in [-0.05, 0) is 31.0 Å². The molecule has 0 aliphatic heterocycles. The van der Waals surface area contributed by atoms with Gasteiger partial charge < -0.3 is 9.88 Å². The van der Waals surface area contributed by atoms with Gasteiger partial charge in [-0.1, -0.05) is 12.1 Å². The molecular weight excluding hydrogens is 250 g/mol. The third-order valence-corrected chi connectivity index (χ3v) is 3.55. The van der Waals surface area contributed by atoms with E-state index in [9.17, 15) is 0 Å². The first kappa shape index (κ1) is 11.4. The Morgan fingerprint density at radius 2 is 1.90 bits per heavy atom. The van der Waals surface area contributed by atoms with Crippen molar-refractivity contribution in [1.82, 2.24) is 19.5 Å². The molecule has 1 N–H and O–H groups in total. The van der Waals surface area contributed by atoms with Gasteiger partial charge >= 0.3 is 0 Å². The number of rotatable bonds is 4. The predicted molar refractivity (Wildman–Crippen MR) is 77.4 cm³/mol. The van der Waals surface area contributed by atoms with Crippen LogP contribution in [0.2, 0.25) is 0 Å². The molecule has 1 fully saturated rings. The molecule has 1 saturated carbocycles. The minimum Gasteiger partial charge on any atom is -0.347 e. The molecule has 0 unspecified atom stereocenters. The molecule has 1 aliphatic carbocycles. The lowest BCUT2D eigenvalue weighted by molar-refractivity contribution is 0.709. The van der Waals surface area contributed by atoms with Gasteiger partial charge in [0.2, 0.25) is 5.95 Å². The molecule has 100 valence electrons. The maximum Gasteiger partial charge on any atom is 0.222 e. The van der Waals surface area contributed by atoms with E-state index < -0.39 is 0 Å². The van der Waals surface area contributed by atoms with Crippen molar-refractivity contribution in [2.45, 2.75) is 25.4 Å². The molecule has 5 heteroatoms. The number of benzene rings is 1. The van der Waals surface area contributed by atoms with Gasteiger partial charge in [-0.3, -0.25) is 0 Å². The number of hydrogen-bond donors (Lipinski definition) is 1. The quantitative estimate of drug-likeness (QED) is 0.788. The van der Waals surface area contributed by atoms with Crippen LogP contribution in [0.4, 0.5) is 5.95 Å². The van der Waals surface area contributed by atoms with E-state index in [0.29, 0.717) is 18.5 Å². The zero-order valence-corrected chi connectivity index (χ0v) is 11.0. The molecule has 0 radical (unpaired) electrons. The minimum absolute atomic E-state index is 0.607. The predicted octanol–water partition coefficient (Wildman–Crippen LogP) is 2.77. The van der Waals surface area contributed by atoms with Gasteiger partial charge in [0.15, 0.2) is 0 Å². The van der Waals surface area contributed by atoms with Crippen LogP contribution in [0.1, 0.15) is 24.7 Å². The highest BCUT2D eigenvalue weighted by Crippen LogP contribution is 2.38. The van der Waals surface area contributed by atoms with Crippen LogP contribution >= 0.6 is 0 Å². The maximum atomic E-state index is 4.73. The minimum atomic E-state index is 0.607. The van der Waals surface area contributed by atoms with E-state index in [1.54, 1.807) is 12.4 Å². The Morgan fingerprint density at radius 3 is 2.70 bits per heavy atom. The second-order valence-corrected chi connectivity index (χ2v) is 5.04. The molecule has 4 rings (SSSR count). The summed E-state index contributed by atoms with van der Waals surface area (Å²) in [5, 5.41) is 3.24. The van der Waals surface area contributed by atoms with Gasteiger partial charge in [0, 0.05) is 18.4 Å². The molecule has 5 nitrogen and oxygen atoms in total. The summed E-state index contributed by atoms with van der Waals surface area (Å²) >= 11 is 0. The third-order valence-electron chi connectivity index (χ3n) is 3.55. The molecule has 0 spiro atoms. The fourth-order valence-corrected chi connectivity index (χ4v) is 2.51. The average molecular weight is 265 g/mol. The van der Waals surface area contributed by atoms with Crippen molar-refractivity contribution in [2.24, 2.45) is 0 Å². The fraction of sp³-hybridized carbons (Fsp3) is 0.267. The monoisotopic (exact) mass is 265 g/mol. The first-order valence-corrected chi connectivity index (χ1v) is 6.88. The van der Waals surface area contributed by atoms with Crippen LogP contribution in [0.15, 0.2) is 42.7 Å². The van der Waals surface area contributed by atoms with Crippen LogP contribution in [-0.2, 0) is 6.54 Å². The zero-order chi connectivity index (χ0) is 13.4. The Hall–Kier alpha value is -2.43. The van der Waals surface area contributed by atoms with Gasteiger partial charge in [0.1, 0.15) is 5.82 Å². The fourth-order valence-electron chi connectivity index (χ4n) is 2.51. The normalized spacial score (nSPS) is 14.6. The largest absolute Gasteiger partial charge is 0.347 e. The first-order chi connectivity index (χ1) is 9.92. The first-order valence-electron chi connectivity index (χ1n) is 6.88. The Bertz CT molecular complexity index is 730. The topological polar surface area (TPSA) is 55.6 Å². The van der Waals surface area contributed by atoms with Gasteiger partial charge in [0.25, 0.3) is 0 Å². The highest BCUT2D eigenvalue weighted by molar-refractivity contribution is 5.76. The van der Waals surface area contributed by atoms with Gasteiger partial charge in [-0.25, -0.2) is 15.0 Å². The van der Waals surface area contributed by atoms with E-state index in [-0.39, 0.29) is 0 Å². The van der Waals surface area contributed by atoms with Crippen molar-refractivity contribution in [3.05, 3.63) is 48.5 Å². The summed E-state index contributed by atoms with van der Waals surface area (Å²) in [6.45, 7) is 0.648. The number of nitrogens with one attached hydrogen (secondary N) is 1. The summed E-state index contributed by atoms with van der Waals surface area (Å²) in [5.74, 6) is 1.70. The number of aromatic nitrogens is 4. The summed E-state index contributed by atoms with van der Waals surface area (Å²) in [7, 11) is 0. The number of fused-ring (bicyclic) bond motifs is 1. The molecule has 0 bridgehead atoms. The maximum absolute atomic E-state index is 4.73. The van der Waals surface area contributed by atoms with Crippen LogP contribution < -0.4 is 5.32 Å². The molecular formula is C15H15N5. The molecule has 1 aromatic carbocycles. The van der Waals surface area contributed by atoms with E-state index in [2.05, 4.69) is 38.1 Å². The van der Waals surface area contributed by atoms with Gasteiger partial charge in [0.05, 0.1) is 17.6 Å². The van der Waals surface area contributed by atoms with Gasteiger partial charge in [-0.2, -0.15) is 0 Å². The van der Waals surface area contributed by atoms with Crippen molar-refractivity contribution >= 4 is 17.0 Å². The standard InChI is InChI=1S/C15H15N5/c1-2-5-13-12(4-1)19-14(20(13)11-6-7-11)10-18-15-16-8-3-9-17-15/h1-5,8-9,11H,6-7,10H2,(H,16,17,18). The number of hydrogen-bond acceptors (Lipinski definition) is 4. The van der Waals surface area contributed by atoms with Crippen LogP contribution in [-0.4, -0.2) is 19.5 Å². The van der Waals surface area contributed by atoms with Crippen molar-refractivity contribution in [3.8, 4) is 0 Å². The van der Waals surface area contributed by atoms with Crippen LogP contribution in [0.5, 0.6) is 0 Å². The molecule has 0 amide bonds. The Balaban J connectivity index is 1.67. The van der Waals surface area contributed by atoms with E-state index in [0.717, 1.165) is 11.3 Å². The highest BCUT2D eigenvalue weighted by atomic mass is 15.2. The van der Waals surface area contributed by atoms with E-state index in [4.69, 9.17) is 4.98 Å². The molecule has 3 aromatic rings. The molecule has 2 heterocycles. The Kier molecular flexibility index (Phi) is 2.62. The summed E-state index contributed by atoms with van der Waals surface area (Å²) in [5.41, 5.74) is 2.28. The van der Waals surface area contributed by atoms with Crippen molar-refractivity contribution in [2.75, 3.05) is 5.32 Å². The van der Waals surface area contributed by atoms with Crippen molar-refractivity contribution in [1.29, 1.82) is 0 Å². The summed E-state index contributed by atoms with van der Waals surface area (Å²) in [6.07, 6.45) is 5.96. The molecule has 0 saturated heterocycles. The van der Waals surface area contributed by atoms with E-state index >= 15 is 0 Å². The molecule has 20 heavy (non-hydrogen) atoms. The molecule has 1 aliphatic rings. The van der Waals surface area contributed by atoms with E-state index in [1.165, 1.54) is 18.4 Å². The van der Waals surface area contributed by atoms with Crippen LogP contribution in [0, 0.1) is 0 Å². The van der Waals surface area contributed by atoms with Crippen molar-refractivity contribution < 1.29 is 0 Å². The molecule has 0 atom stereocenters. The zero-order valence-electron chi connectivity index (χ0n) is 11.0. The van der Waals surface area contributed by atoms with Crippen LogP contribution in [0.25, 0.3) is 11.0 Å². The van der Waals surface area contributed by atoms with Crippen molar-refractivity contribution in [3.63, 3.8) is 0 Å². The summed E-state index contributed by atoms with van der Waals surface area (Å²) < 4.78 is 2.35. The number of imidazole rings is 1. The summed E-state index contributed by atoms with van der Waals surface area (Å²) in [4.78, 5) is 13.1. The smallest absolute Gasteiger partial charge is 0.222 e. The lowest BCUT2D eigenvalue weighted by Gasteiger charge is -2.08. The lowest BCUT2D eigenvalue weighted by Crippen LogP contribution is -2.09. The van der Waals surface area contributed by atoms with E-state index in [1.807, 2.05) is 12.1 Å². The Morgan fingerprint density at radius 1 is 1.10 bits per heavy atom. The third kappa shape index (κ3) is 2.01. The number of anilines is 1. The second kappa shape index (κ2) is 4.59. The Labute approximate surface area is 116 Å². The lowest BCUT2D eigenvalue weighted by atomic mass is 10.3. The SMILES string of the molecule is c1cnc(NCc2nc3ccccc3n2C2CC2)nc1. The molecule has 2 aromatic heterocycles. The number of nitrogens with zero attached hydrogens (tertiary/aromatic N) is 4. The number of para-hydroxylation sites is 2. The average Bonchev–Trinajstić information content (AvgIpc) is 3.27.